The van der Waals surface area contributed by atoms with Gasteiger partial charge in [0.2, 0.25) is 0 Å². The summed E-state index contributed by atoms with van der Waals surface area (Å²) in [5, 5.41) is 23.2. The molecular weight excluding hydrogens is 620 g/mol. The summed E-state index contributed by atoms with van der Waals surface area (Å²) >= 11 is 0. The minimum Gasteiger partial charge on any atom is -0.507 e. The van der Waals surface area contributed by atoms with E-state index in [9.17, 15) is 34.2 Å². The lowest BCUT2D eigenvalue weighted by Crippen LogP contribution is -2.76. The molecule has 0 bridgehead atoms. The fourth-order valence-corrected chi connectivity index (χ4v) is 9.55. The van der Waals surface area contributed by atoms with Gasteiger partial charge in [-0.1, -0.05) is 70.2 Å². The Morgan fingerprint density at radius 3 is 2.04 bits per heavy atom. The summed E-state index contributed by atoms with van der Waals surface area (Å²) in [5.41, 5.74) is -0.749. The number of Topliss-reactive ketones (excluding diaryl/α,β-unsaturated/α-hetero) is 5. The monoisotopic (exact) mass is 664 g/mol. The van der Waals surface area contributed by atoms with E-state index in [0.717, 1.165) is 48.6 Å². The van der Waals surface area contributed by atoms with E-state index in [2.05, 4.69) is 24.3 Å². The quantitative estimate of drug-likeness (QED) is 0.283. The Bertz CT molecular complexity index is 1870. The molecule has 0 spiro atoms. The molecule has 3 aromatic rings. The van der Waals surface area contributed by atoms with Gasteiger partial charge in [0.1, 0.15) is 23.2 Å². The second-order valence-corrected chi connectivity index (χ2v) is 15.2. The molecule has 3 aliphatic carbocycles. The second-order valence-electron chi connectivity index (χ2n) is 15.2. The lowest BCUT2D eigenvalue weighted by molar-refractivity contribution is -0.205. The first kappa shape index (κ1) is 34.4. The third-order valence-corrected chi connectivity index (χ3v) is 11.6. The van der Waals surface area contributed by atoms with E-state index >= 15 is 0 Å². The largest absolute Gasteiger partial charge is 0.507 e. The van der Waals surface area contributed by atoms with Crippen LogP contribution in [0.15, 0.2) is 60.7 Å². The van der Waals surface area contributed by atoms with E-state index in [1.165, 1.54) is 11.6 Å². The van der Waals surface area contributed by atoms with Crippen molar-refractivity contribution in [2.24, 2.45) is 34.5 Å². The molecule has 0 aromatic heterocycles. The molecule has 3 aromatic carbocycles. The van der Waals surface area contributed by atoms with Crippen LogP contribution in [-0.2, 0) is 38.4 Å². The number of aryl methyl sites for hydroxylation is 2. The molecule has 2 saturated carbocycles. The Morgan fingerprint density at radius 1 is 0.898 bits per heavy atom. The highest BCUT2D eigenvalue weighted by Crippen LogP contribution is 2.64. The van der Waals surface area contributed by atoms with Crippen molar-refractivity contribution in [3.63, 3.8) is 0 Å². The zero-order valence-corrected chi connectivity index (χ0v) is 29.0. The van der Waals surface area contributed by atoms with E-state index in [1.807, 2.05) is 24.3 Å². The van der Waals surface area contributed by atoms with E-state index in [1.54, 1.807) is 40.9 Å². The van der Waals surface area contributed by atoms with E-state index < -0.39 is 69.0 Å². The summed E-state index contributed by atoms with van der Waals surface area (Å²) in [6.07, 6.45) is 2.98. The molecule has 8 nitrogen and oxygen atoms in total. The molecule has 0 amide bonds. The average molecular weight is 665 g/mol. The van der Waals surface area contributed by atoms with Crippen LogP contribution in [0.3, 0.4) is 0 Å². The lowest BCUT2D eigenvalue weighted by Gasteiger charge is -2.61. The zero-order chi connectivity index (χ0) is 35.6. The molecule has 256 valence electrons. The molecule has 8 heteroatoms. The first-order chi connectivity index (χ1) is 23.1. The van der Waals surface area contributed by atoms with Crippen molar-refractivity contribution in [2.45, 2.75) is 72.3 Å². The highest BCUT2D eigenvalue weighted by molar-refractivity contribution is 6.32. The summed E-state index contributed by atoms with van der Waals surface area (Å²) in [4.78, 5) is 69.1. The number of ether oxygens (including phenoxy) is 1. The van der Waals surface area contributed by atoms with Crippen molar-refractivity contribution in [3.05, 3.63) is 82.9 Å². The van der Waals surface area contributed by atoms with Crippen LogP contribution in [0.5, 0.6) is 11.5 Å². The maximum atomic E-state index is 14.5. The Morgan fingerprint density at radius 2 is 1.49 bits per heavy atom. The van der Waals surface area contributed by atoms with Crippen LogP contribution in [0.1, 0.15) is 74.5 Å². The maximum absolute atomic E-state index is 14.5. The van der Waals surface area contributed by atoms with Gasteiger partial charge in [0.25, 0.3) is 0 Å². The summed E-state index contributed by atoms with van der Waals surface area (Å²) in [5.74, 6) is -8.13. The van der Waals surface area contributed by atoms with Crippen molar-refractivity contribution in [1.82, 2.24) is 0 Å². The number of carbonyl (C=O) groups excluding carboxylic acids is 5. The van der Waals surface area contributed by atoms with Gasteiger partial charge in [-0.05, 0) is 96.4 Å². The number of aliphatic hydroxyl groups is 1. The van der Waals surface area contributed by atoms with Gasteiger partial charge >= 0.3 is 0 Å². The summed E-state index contributed by atoms with van der Waals surface area (Å²) in [6.45, 7) is 8.04. The molecular formula is C41H44O8. The number of aromatic hydroxyl groups is 1. The first-order valence-corrected chi connectivity index (χ1v) is 17.1. The van der Waals surface area contributed by atoms with Crippen LogP contribution >= 0.6 is 0 Å². The van der Waals surface area contributed by atoms with Crippen molar-refractivity contribution >= 4 is 28.9 Å². The predicted octanol–water partition coefficient (Wildman–Crippen LogP) is 5.94. The fourth-order valence-electron chi connectivity index (χ4n) is 9.55. The van der Waals surface area contributed by atoms with E-state index in [-0.39, 0.29) is 24.2 Å². The Hall–Kier alpha value is -4.43. The number of ketones is 5. The topological polar surface area (TPSA) is 135 Å². The van der Waals surface area contributed by atoms with Crippen LogP contribution in [0.4, 0.5) is 0 Å². The molecule has 2 fully saturated rings. The van der Waals surface area contributed by atoms with Gasteiger partial charge in [-0.2, -0.15) is 0 Å². The van der Waals surface area contributed by atoms with Crippen molar-refractivity contribution in [2.75, 3.05) is 7.11 Å². The Balaban J connectivity index is 1.34. The van der Waals surface area contributed by atoms with E-state index in [0.29, 0.717) is 5.56 Å². The van der Waals surface area contributed by atoms with Crippen molar-refractivity contribution < 1.29 is 38.9 Å². The molecule has 6 atom stereocenters. The third kappa shape index (κ3) is 5.18. The number of carbonyl (C=O) groups is 5. The number of fused-ring (bicyclic) bond motifs is 3. The van der Waals surface area contributed by atoms with Gasteiger partial charge < -0.3 is 14.9 Å². The second kappa shape index (κ2) is 12.2. The van der Waals surface area contributed by atoms with Gasteiger partial charge in [0, 0.05) is 11.3 Å². The number of phenols is 1. The summed E-state index contributed by atoms with van der Waals surface area (Å²) in [6, 6.07) is 19.4. The van der Waals surface area contributed by atoms with Crippen LogP contribution in [0, 0.1) is 34.5 Å². The minimum atomic E-state index is -2.71. The molecule has 3 unspecified atom stereocenters. The molecule has 0 heterocycles. The molecule has 6 rings (SSSR count). The maximum Gasteiger partial charge on any atom is 0.190 e. The normalized spacial score (nSPS) is 29.3. The SMILES string of the molecule is COc1ccc(CCCc2ccc(-c3ccc(O)c4c3C[C@]3(C)C[C@]5(C)C(C(C)C)C(=O)C(C(C)=O)C(=O)[C@]5(O)C(=O)C3C4=O)cc2)cc1. The third-order valence-electron chi connectivity index (χ3n) is 11.6. The number of benzene rings is 3. The standard InChI is InChI=1S/C41H44O8/c1-22(2)33-35(44)31(23(3)42)37(46)41(48)38(47)34-36(45)32-29(20-39(34,4)21-40(33,41)5)28(18-19-30(32)43)26-14-10-24(11-15-26)8-7-9-25-12-16-27(49-6)17-13-25/h10-19,22,31,33-34,43,48H,7-9,20-21H2,1-6H3/t31?,33?,34?,39-,40-,41+/m1/s1. The van der Waals surface area contributed by atoms with Crippen LogP contribution in [0.2, 0.25) is 0 Å². The highest BCUT2D eigenvalue weighted by Gasteiger charge is 2.76. The van der Waals surface area contributed by atoms with Gasteiger partial charge in [0.15, 0.2) is 28.7 Å². The molecule has 49 heavy (non-hydrogen) atoms. The van der Waals surface area contributed by atoms with Gasteiger partial charge in [-0.25, -0.2) is 0 Å². The zero-order valence-electron chi connectivity index (χ0n) is 29.0. The number of hydrogen-bond donors (Lipinski definition) is 2. The minimum absolute atomic E-state index is 0.00644. The number of methoxy groups -OCH3 is 1. The molecule has 0 radical (unpaired) electrons. The summed E-state index contributed by atoms with van der Waals surface area (Å²) < 4.78 is 5.24. The Labute approximate surface area is 286 Å². The van der Waals surface area contributed by atoms with Crippen LogP contribution < -0.4 is 4.74 Å². The predicted molar refractivity (Wildman–Crippen MR) is 183 cm³/mol. The van der Waals surface area contributed by atoms with Gasteiger partial charge in [0.05, 0.1) is 18.6 Å². The van der Waals surface area contributed by atoms with Gasteiger partial charge in [-0.3, -0.25) is 24.0 Å². The molecule has 0 saturated heterocycles. The number of hydrogen-bond acceptors (Lipinski definition) is 8. The lowest BCUT2D eigenvalue weighted by atomic mass is 9.40. The molecule has 3 aliphatic rings. The first-order valence-electron chi connectivity index (χ1n) is 17.1. The van der Waals surface area contributed by atoms with Crippen LogP contribution in [0.25, 0.3) is 11.1 Å². The van der Waals surface area contributed by atoms with Crippen molar-refractivity contribution in [1.29, 1.82) is 0 Å². The van der Waals surface area contributed by atoms with Gasteiger partial charge in [-0.15, -0.1) is 0 Å². The molecule has 2 N–H and O–H groups in total. The molecule has 0 aliphatic heterocycles. The number of phenolic OH excluding ortho intramolecular Hbond substituents is 1. The average Bonchev–Trinajstić information content (AvgIpc) is 3.03. The Kier molecular flexibility index (Phi) is 8.55. The van der Waals surface area contributed by atoms with E-state index in [4.69, 9.17) is 4.74 Å². The summed E-state index contributed by atoms with van der Waals surface area (Å²) in [7, 11) is 1.65. The number of rotatable bonds is 8. The smallest absolute Gasteiger partial charge is 0.190 e. The highest BCUT2D eigenvalue weighted by atomic mass is 16.5. The fraction of sp³-hybridized carbons (Fsp3) is 0.439. The van der Waals surface area contributed by atoms with Crippen molar-refractivity contribution in [3.8, 4) is 22.6 Å². The van der Waals surface area contributed by atoms with Crippen LogP contribution in [-0.4, -0.2) is 51.8 Å².